The zero-order chi connectivity index (χ0) is 12.7. The van der Waals surface area contributed by atoms with Crippen molar-refractivity contribution in [1.82, 2.24) is 14.5 Å². The molecule has 0 spiro atoms. The van der Waals surface area contributed by atoms with Crippen molar-refractivity contribution < 1.29 is 0 Å². The van der Waals surface area contributed by atoms with Gasteiger partial charge in [-0.3, -0.25) is 0 Å². The maximum Gasteiger partial charge on any atom is 0.0950 e. The van der Waals surface area contributed by atoms with E-state index in [-0.39, 0.29) is 0 Å². The van der Waals surface area contributed by atoms with Crippen LogP contribution < -0.4 is 5.73 Å². The van der Waals surface area contributed by atoms with Crippen molar-refractivity contribution in [2.45, 2.75) is 13.5 Å². The summed E-state index contributed by atoms with van der Waals surface area (Å²) in [6.07, 6.45) is 1.71. The number of para-hydroxylation sites is 1. The number of H-pyrrole nitrogens is 1. The lowest BCUT2D eigenvalue weighted by atomic mass is 10.1. The number of benzene rings is 1. The summed E-state index contributed by atoms with van der Waals surface area (Å²) in [5, 5.41) is 1.22. The van der Waals surface area contributed by atoms with Gasteiger partial charge >= 0.3 is 0 Å². The zero-order valence-corrected chi connectivity index (χ0v) is 10.6. The fourth-order valence-electron chi connectivity index (χ4n) is 2.51. The molecule has 0 bridgehead atoms. The lowest BCUT2D eigenvalue weighted by molar-refractivity contribution is 0.918. The van der Waals surface area contributed by atoms with Crippen molar-refractivity contribution in [3.8, 4) is 11.3 Å². The van der Waals surface area contributed by atoms with Gasteiger partial charge in [0, 0.05) is 35.8 Å². The van der Waals surface area contributed by atoms with E-state index in [9.17, 15) is 0 Å². The van der Waals surface area contributed by atoms with Gasteiger partial charge in [-0.1, -0.05) is 18.2 Å². The Bertz CT molecular complexity index is 706. The van der Waals surface area contributed by atoms with E-state index >= 15 is 0 Å². The first-order valence-corrected chi connectivity index (χ1v) is 6.00. The van der Waals surface area contributed by atoms with E-state index in [1.54, 1.807) is 6.33 Å². The molecular weight excluding hydrogens is 224 g/mol. The molecule has 4 nitrogen and oxygen atoms in total. The molecule has 0 aliphatic rings. The minimum Gasteiger partial charge on any atom is -0.347 e. The fourth-order valence-corrected chi connectivity index (χ4v) is 2.51. The van der Waals surface area contributed by atoms with E-state index in [0.29, 0.717) is 6.54 Å². The minimum atomic E-state index is 0.470. The number of rotatable bonds is 2. The Morgan fingerprint density at radius 3 is 2.89 bits per heavy atom. The second-order valence-corrected chi connectivity index (χ2v) is 4.47. The number of hydrogen-bond acceptors (Lipinski definition) is 2. The number of nitrogens with zero attached hydrogens (tertiary/aromatic N) is 2. The molecule has 18 heavy (non-hydrogen) atoms. The first kappa shape index (κ1) is 11.0. The van der Waals surface area contributed by atoms with Crippen LogP contribution in [0.25, 0.3) is 22.2 Å². The average molecular weight is 240 g/mol. The van der Waals surface area contributed by atoms with Crippen LogP contribution in [-0.4, -0.2) is 14.5 Å². The number of nitrogens with one attached hydrogen (secondary N) is 1. The Labute approximate surface area is 105 Å². The Kier molecular flexibility index (Phi) is 2.45. The summed E-state index contributed by atoms with van der Waals surface area (Å²) in [6, 6.07) is 8.37. The molecule has 0 amide bonds. The van der Waals surface area contributed by atoms with E-state index in [2.05, 4.69) is 52.8 Å². The molecule has 3 rings (SSSR count). The topological polar surface area (TPSA) is 59.6 Å². The first-order chi connectivity index (χ1) is 8.74. The van der Waals surface area contributed by atoms with Gasteiger partial charge in [-0.25, -0.2) is 4.98 Å². The molecule has 0 atom stereocenters. The molecule has 4 heteroatoms. The van der Waals surface area contributed by atoms with Gasteiger partial charge in [0.05, 0.1) is 17.7 Å². The van der Waals surface area contributed by atoms with Gasteiger partial charge in [0.15, 0.2) is 0 Å². The summed E-state index contributed by atoms with van der Waals surface area (Å²) < 4.78 is 2.19. The molecule has 0 saturated carbocycles. The summed E-state index contributed by atoms with van der Waals surface area (Å²) in [7, 11) is 2.08. The summed E-state index contributed by atoms with van der Waals surface area (Å²) in [5.41, 5.74) is 11.3. The summed E-state index contributed by atoms with van der Waals surface area (Å²) in [4.78, 5) is 7.54. The van der Waals surface area contributed by atoms with Crippen molar-refractivity contribution >= 4 is 10.9 Å². The smallest absolute Gasteiger partial charge is 0.0950 e. The van der Waals surface area contributed by atoms with E-state index < -0.39 is 0 Å². The van der Waals surface area contributed by atoms with Crippen molar-refractivity contribution in [2.24, 2.45) is 12.8 Å². The lowest BCUT2D eigenvalue weighted by Crippen LogP contribution is -1.99. The van der Waals surface area contributed by atoms with Crippen molar-refractivity contribution in [3.05, 3.63) is 42.0 Å². The third kappa shape index (κ3) is 1.39. The fraction of sp³-hybridized carbons (Fsp3) is 0.214. The highest BCUT2D eigenvalue weighted by molar-refractivity contribution is 5.97. The van der Waals surface area contributed by atoms with Gasteiger partial charge in [0.2, 0.25) is 0 Å². The largest absolute Gasteiger partial charge is 0.347 e. The van der Waals surface area contributed by atoms with E-state index in [1.165, 1.54) is 22.2 Å². The summed E-state index contributed by atoms with van der Waals surface area (Å²) in [5.74, 6) is 0. The average Bonchev–Trinajstić information content (AvgIpc) is 2.95. The van der Waals surface area contributed by atoms with Crippen LogP contribution in [0.2, 0.25) is 0 Å². The van der Waals surface area contributed by atoms with Gasteiger partial charge in [-0.2, -0.15) is 0 Å². The number of aromatic amines is 1. The highest BCUT2D eigenvalue weighted by Crippen LogP contribution is 2.33. The number of nitrogens with two attached hydrogens (primary N) is 1. The molecule has 0 aliphatic carbocycles. The molecule has 2 aromatic heterocycles. The van der Waals surface area contributed by atoms with Crippen LogP contribution >= 0.6 is 0 Å². The van der Waals surface area contributed by atoms with Crippen LogP contribution in [-0.2, 0) is 13.6 Å². The van der Waals surface area contributed by atoms with Crippen LogP contribution in [0.4, 0.5) is 0 Å². The number of aromatic nitrogens is 3. The second-order valence-electron chi connectivity index (χ2n) is 4.47. The molecule has 0 saturated heterocycles. The monoisotopic (exact) mass is 240 g/mol. The molecule has 3 aromatic rings. The van der Waals surface area contributed by atoms with Crippen molar-refractivity contribution in [1.29, 1.82) is 0 Å². The molecule has 1 aromatic carbocycles. The summed E-state index contributed by atoms with van der Waals surface area (Å²) >= 11 is 0. The Morgan fingerprint density at radius 1 is 1.33 bits per heavy atom. The molecule has 0 fully saturated rings. The van der Waals surface area contributed by atoms with Crippen LogP contribution in [0, 0.1) is 6.92 Å². The SMILES string of the molecule is Cc1c(-c2nc[nH]c2CN)c2ccccc2n1C. The van der Waals surface area contributed by atoms with Crippen LogP contribution in [0.5, 0.6) is 0 Å². The van der Waals surface area contributed by atoms with Crippen LogP contribution in [0.15, 0.2) is 30.6 Å². The third-order valence-corrected chi connectivity index (χ3v) is 3.56. The van der Waals surface area contributed by atoms with Crippen LogP contribution in [0.1, 0.15) is 11.4 Å². The third-order valence-electron chi connectivity index (χ3n) is 3.56. The molecule has 2 heterocycles. The Balaban J connectivity index is 2.39. The lowest BCUT2D eigenvalue weighted by Gasteiger charge is -2.02. The zero-order valence-electron chi connectivity index (χ0n) is 10.6. The van der Waals surface area contributed by atoms with Crippen LogP contribution in [0.3, 0.4) is 0 Å². The molecule has 0 aliphatic heterocycles. The summed E-state index contributed by atoms with van der Waals surface area (Å²) in [6.45, 7) is 2.59. The maximum atomic E-state index is 5.76. The molecule has 3 N–H and O–H groups in total. The van der Waals surface area contributed by atoms with E-state index in [4.69, 9.17) is 5.73 Å². The van der Waals surface area contributed by atoms with Gasteiger partial charge in [0.1, 0.15) is 0 Å². The highest BCUT2D eigenvalue weighted by atomic mass is 15.0. The Morgan fingerprint density at radius 2 is 2.11 bits per heavy atom. The number of imidazole rings is 1. The van der Waals surface area contributed by atoms with E-state index in [0.717, 1.165) is 11.4 Å². The number of fused-ring (bicyclic) bond motifs is 1. The van der Waals surface area contributed by atoms with Gasteiger partial charge in [0.25, 0.3) is 0 Å². The number of aryl methyl sites for hydroxylation is 1. The second kappa shape index (κ2) is 3.99. The molecule has 0 unspecified atom stereocenters. The first-order valence-electron chi connectivity index (χ1n) is 6.00. The number of hydrogen-bond donors (Lipinski definition) is 2. The highest BCUT2D eigenvalue weighted by Gasteiger charge is 2.17. The van der Waals surface area contributed by atoms with Gasteiger partial charge < -0.3 is 15.3 Å². The molecule has 92 valence electrons. The quantitative estimate of drug-likeness (QED) is 0.722. The standard InChI is InChI=1S/C14H16N4/c1-9-13(14-11(7-15)16-8-17-14)10-5-3-4-6-12(10)18(9)2/h3-6,8H,7,15H2,1-2H3,(H,16,17). The van der Waals surface area contributed by atoms with Crippen molar-refractivity contribution in [3.63, 3.8) is 0 Å². The Hall–Kier alpha value is -2.07. The normalized spacial score (nSPS) is 11.3. The van der Waals surface area contributed by atoms with Gasteiger partial charge in [-0.05, 0) is 13.0 Å². The van der Waals surface area contributed by atoms with Gasteiger partial charge in [-0.15, -0.1) is 0 Å². The minimum absolute atomic E-state index is 0.470. The predicted molar refractivity (Wildman–Crippen MR) is 73.1 cm³/mol. The predicted octanol–water partition coefficient (Wildman–Crippen LogP) is 2.34. The van der Waals surface area contributed by atoms with Crippen molar-refractivity contribution in [2.75, 3.05) is 0 Å². The maximum absolute atomic E-state index is 5.76. The molecular formula is C14H16N4. The van der Waals surface area contributed by atoms with E-state index in [1.807, 2.05) is 0 Å². The molecule has 0 radical (unpaired) electrons.